The molecule has 1 saturated heterocycles. The first-order chi connectivity index (χ1) is 11.3. The van der Waals surface area contributed by atoms with E-state index in [0.29, 0.717) is 6.04 Å². The van der Waals surface area contributed by atoms with Crippen LogP contribution in [-0.4, -0.2) is 32.8 Å². The molecule has 0 radical (unpaired) electrons. The van der Waals surface area contributed by atoms with Crippen molar-refractivity contribution in [2.45, 2.75) is 44.7 Å². The number of hydrogen-bond donors (Lipinski definition) is 1. The summed E-state index contributed by atoms with van der Waals surface area (Å²) in [5.74, 6) is 0.874. The van der Waals surface area contributed by atoms with Crippen molar-refractivity contribution in [3.05, 3.63) is 35.4 Å². The van der Waals surface area contributed by atoms with E-state index in [4.69, 9.17) is 0 Å². The Morgan fingerprint density at radius 1 is 1.13 bits per heavy atom. The second kappa shape index (κ2) is 6.28. The van der Waals surface area contributed by atoms with Crippen LogP contribution in [0.2, 0.25) is 0 Å². The Labute approximate surface area is 136 Å². The monoisotopic (exact) mass is 312 g/mol. The van der Waals surface area contributed by atoms with E-state index in [1.165, 1.54) is 36.9 Å². The summed E-state index contributed by atoms with van der Waals surface area (Å²) < 4.78 is 2.01. The third-order valence-corrected chi connectivity index (χ3v) is 5.01. The van der Waals surface area contributed by atoms with Gasteiger partial charge in [-0.1, -0.05) is 0 Å². The lowest BCUT2D eigenvalue weighted by atomic mass is 9.93. The second-order valence-electron chi connectivity index (χ2n) is 6.58. The molecule has 23 heavy (non-hydrogen) atoms. The largest absolute Gasteiger partial charge is 0.341 e. The molecule has 6 nitrogen and oxygen atoms in total. The molecule has 4 rings (SSSR count). The number of nitrogens with zero attached hydrogens (tertiary/aromatic N) is 5. The Hall–Kier alpha value is -1.95. The van der Waals surface area contributed by atoms with Crippen molar-refractivity contribution in [2.75, 3.05) is 18.0 Å². The maximum atomic E-state index is 4.53. The van der Waals surface area contributed by atoms with Crippen molar-refractivity contribution in [1.29, 1.82) is 0 Å². The Bertz CT molecular complexity index is 656. The number of aromatic nitrogens is 4. The predicted molar refractivity (Wildman–Crippen MR) is 89.2 cm³/mol. The summed E-state index contributed by atoms with van der Waals surface area (Å²) in [7, 11) is 2.03. The van der Waals surface area contributed by atoms with Crippen LogP contribution < -0.4 is 10.2 Å². The van der Waals surface area contributed by atoms with E-state index in [9.17, 15) is 0 Å². The number of aryl methyl sites for hydroxylation is 1. The van der Waals surface area contributed by atoms with Crippen LogP contribution in [0.15, 0.2) is 18.6 Å². The number of rotatable bonds is 4. The molecule has 0 unspecified atom stereocenters. The first kappa shape index (κ1) is 14.6. The van der Waals surface area contributed by atoms with Gasteiger partial charge in [0.1, 0.15) is 0 Å². The van der Waals surface area contributed by atoms with Crippen molar-refractivity contribution in [1.82, 2.24) is 25.1 Å². The molecule has 0 bridgehead atoms. The van der Waals surface area contributed by atoms with Gasteiger partial charge in [0, 0.05) is 61.9 Å². The van der Waals surface area contributed by atoms with Crippen LogP contribution in [0.5, 0.6) is 0 Å². The zero-order valence-corrected chi connectivity index (χ0v) is 13.7. The summed E-state index contributed by atoms with van der Waals surface area (Å²) >= 11 is 0. The SMILES string of the molecule is Cn1ncc2c1CCC[C@@H]2NCc1cnc(N2CCCC2)nc1. The zero-order valence-electron chi connectivity index (χ0n) is 13.7. The third kappa shape index (κ3) is 2.95. The lowest BCUT2D eigenvalue weighted by Gasteiger charge is -2.24. The Kier molecular flexibility index (Phi) is 3.99. The van der Waals surface area contributed by atoms with Crippen LogP contribution in [-0.2, 0) is 20.0 Å². The Morgan fingerprint density at radius 3 is 2.70 bits per heavy atom. The van der Waals surface area contributed by atoms with Gasteiger partial charge in [0.2, 0.25) is 5.95 Å². The van der Waals surface area contributed by atoms with E-state index in [2.05, 4.69) is 25.3 Å². The van der Waals surface area contributed by atoms with Gasteiger partial charge in [0.05, 0.1) is 6.20 Å². The van der Waals surface area contributed by atoms with Gasteiger partial charge in [-0.3, -0.25) is 4.68 Å². The maximum absolute atomic E-state index is 4.53. The van der Waals surface area contributed by atoms with Gasteiger partial charge < -0.3 is 10.2 Å². The molecule has 2 aromatic heterocycles. The molecule has 1 aliphatic heterocycles. The predicted octanol–water partition coefficient (Wildman–Crippen LogP) is 1.98. The van der Waals surface area contributed by atoms with Crippen molar-refractivity contribution in [3.63, 3.8) is 0 Å². The number of fused-ring (bicyclic) bond motifs is 1. The molecule has 0 aromatic carbocycles. The number of hydrogen-bond acceptors (Lipinski definition) is 5. The summed E-state index contributed by atoms with van der Waals surface area (Å²) in [5, 5.41) is 8.06. The molecule has 0 saturated carbocycles. The number of nitrogens with one attached hydrogen (secondary N) is 1. The first-order valence-corrected chi connectivity index (χ1v) is 8.61. The van der Waals surface area contributed by atoms with Crippen LogP contribution in [0.3, 0.4) is 0 Å². The quantitative estimate of drug-likeness (QED) is 0.935. The van der Waals surface area contributed by atoms with E-state index in [0.717, 1.165) is 37.6 Å². The molecule has 122 valence electrons. The minimum atomic E-state index is 0.394. The minimum Gasteiger partial charge on any atom is -0.341 e. The normalized spacial score (nSPS) is 20.7. The highest BCUT2D eigenvalue weighted by Gasteiger charge is 2.23. The molecule has 2 aliphatic rings. The van der Waals surface area contributed by atoms with E-state index in [-0.39, 0.29) is 0 Å². The summed E-state index contributed by atoms with van der Waals surface area (Å²) in [5.41, 5.74) is 3.87. The van der Waals surface area contributed by atoms with Crippen LogP contribution in [0.4, 0.5) is 5.95 Å². The van der Waals surface area contributed by atoms with Crippen molar-refractivity contribution < 1.29 is 0 Å². The van der Waals surface area contributed by atoms with E-state index < -0.39 is 0 Å². The minimum absolute atomic E-state index is 0.394. The highest BCUT2D eigenvalue weighted by molar-refractivity contribution is 5.31. The van der Waals surface area contributed by atoms with Crippen molar-refractivity contribution in [3.8, 4) is 0 Å². The van der Waals surface area contributed by atoms with Crippen LogP contribution >= 0.6 is 0 Å². The molecular formula is C17H24N6. The highest BCUT2D eigenvalue weighted by Crippen LogP contribution is 2.29. The van der Waals surface area contributed by atoms with Gasteiger partial charge in [-0.2, -0.15) is 5.10 Å². The van der Waals surface area contributed by atoms with Gasteiger partial charge in [-0.05, 0) is 32.1 Å². The zero-order chi connectivity index (χ0) is 15.6. The summed E-state index contributed by atoms with van der Waals surface area (Å²) in [6, 6.07) is 0.394. The molecule has 0 amide bonds. The lowest BCUT2D eigenvalue weighted by Crippen LogP contribution is -2.25. The first-order valence-electron chi connectivity index (χ1n) is 8.61. The third-order valence-electron chi connectivity index (χ3n) is 5.01. The van der Waals surface area contributed by atoms with Gasteiger partial charge in [-0.25, -0.2) is 9.97 Å². The fourth-order valence-corrected chi connectivity index (χ4v) is 3.68. The van der Waals surface area contributed by atoms with Crippen LogP contribution in [0, 0.1) is 0 Å². The standard InChI is InChI=1S/C17H24N6/c1-22-16-6-4-5-15(14(16)12-21-22)18-9-13-10-19-17(20-11-13)23-7-2-3-8-23/h10-12,15,18H,2-9H2,1H3/t15-/m0/s1. The van der Waals surface area contributed by atoms with Crippen molar-refractivity contribution >= 4 is 5.95 Å². The Balaban J connectivity index is 1.39. The Morgan fingerprint density at radius 2 is 1.91 bits per heavy atom. The molecule has 3 heterocycles. The molecule has 0 spiro atoms. The second-order valence-corrected chi connectivity index (χ2v) is 6.58. The average Bonchev–Trinajstić information content (AvgIpc) is 3.24. The summed E-state index contributed by atoms with van der Waals surface area (Å²) in [6.07, 6.45) is 12.0. The fourth-order valence-electron chi connectivity index (χ4n) is 3.68. The fraction of sp³-hybridized carbons (Fsp3) is 0.588. The van der Waals surface area contributed by atoms with Gasteiger partial charge in [0.15, 0.2) is 0 Å². The molecule has 1 aliphatic carbocycles. The van der Waals surface area contributed by atoms with E-state index in [1.807, 2.05) is 30.3 Å². The highest BCUT2D eigenvalue weighted by atomic mass is 15.3. The van der Waals surface area contributed by atoms with Gasteiger partial charge in [-0.15, -0.1) is 0 Å². The lowest BCUT2D eigenvalue weighted by molar-refractivity contribution is 0.451. The molecule has 6 heteroatoms. The summed E-state index contributed by atoms with van der Waals surface area (Å²) in [6.45, 7) is 2.98. The van der Waals surface area contributed by atoms with E-state index >= 15 is 0 Å². The molecule has 2 aromatic rings. The summed E-state index contributed by atoms with van der Waals surface area (Å²) in [4.78, 5) is 11.3. The smallest absolute Gasteiger partial charge is 0.225 e. The molecule has 1 fully saturated rings. The van der Waals surface area contributed by atoms with Gasteiger partial charge >= 0.3 is 0 Å². The van der Waals surface area contributed by atoms with E-state index in [1.54, 1.807) is 0 Å². The average molecular weight is 312 g/mol. The topological polar surface area (TPSA) is 58.9 Å². The van der Waals surface area contributed by atoms with Crippen LogP contribution in [0.1, 0.15) is 48.5 Å². The molecule has 1 N–H and O–H groups in total. The molecular weight excluding hydrogens is 288 g/mol. The van der Waals surface area contributed by atoms with Crippen LogP contribution in [0.25, 0.3) is 0 Å². The number of anilines is 1. The van der Waals surface area contributed by atoms with Gasteiger partial charge in [0.25, 0.3) is 0 Å². The molecule has 1 atom stereocenters. The van der Waals surface area contributed by atoms with Crippen molar-refractivity contribution in [2.24, 2.45) is 7.05 Å². The maximum Gasteiger partial charge on any atom is 0.225 e.